The first-order valence-corrected chi connectivity index (χ1v) is 15.1. The number of rotatable bonds is 10. The van der Waals surface area contributed by atoms with Gasteiger partial charge in [-0.1, -0.05) is 48.5 Å². The van der Waals surface area contributed by atoms with Crippen molar-refractivity contribution in [3.8, 4) is 16.5 Å². The standard InChI is InChI=1S/C36H28N6O2S/c37-19-26-8-10-27(11-9-26)23-41-25-39-22-32(41)24-42(36(44)30-6-2-1-3-7-30)31-14-12-29(13-15-31)33-16-17-34(45-33)35(43)40-21-28-5-4-18-38-20-28/h1-18,20,22,25H,21,23-24H2,(H,40,43). The molecule has 6 rings (SSSR count). The van der Waals surface area contributed by atoms with Crippen LogP contribution in [-0.4, -0.2) is 26.3 Å². The first-order valence-electron chi connectivity index (χ1n) is 14.3. The molecule has 0 aliphatic carbocycles. The molecule has 3 aromatic carbocycles. The van der Waals surface area contributed by atoms with Crippen molar-refractivity contribution in [3.63, 3.8) is 0 Å². The molecule has 6 aromatic rings. The van der Waals surface area contributed by atoms with Gasteiger partial charge in [0.2, 0.25) is 0 Å². The average Bonchev–Trinajstić information content (AvgIpc) is 3.77. The Morgan fingerprint density at radius 2 is 1.64 bits per heavy atom. The minimum Gasteiger partial charge on any atom is -0.347 e. The van der Waals surface area contributed by atoms with Gasteiger partial charge < -0.3 is 14.8 Å². The van der Waals surface area contributed by atoms with E-state index < -0.39 is 0 Å². The van der Waals surface area contributed by atoms with Crippen molar-refractivity contribution < 1.29 is 9.59 Å². The molecule has 45 heavy (non-hydrogen) atoms. The maximum absolute atomic E-state index is 13.8. The molecule has 0 aliphatic heterocycles. The highest BCUT2D eigenvalue weighted by Crippen LogP contribution is 2.31. The van der Waals surface area contributed by atoms with E-state index in [-0.39, 0.29) is 11.8 Å². The van der Waals surface area contributed by atoms with Crippen LogP contribution in [0.15, 0.2) is 128 Å². The lowest BCUT2D eigenvalue weighted by Crippen LogP contribution is -2.31. The summed E-state index contributed by atoms with van der Waals surface area (Å²) in [6.07, 6.45) is 6.96. The van der Waals surface area contributed by atoms with Crippen molar-refractivity contribution in [2.45, 2.75) is 19.6 Å². The molecule has 0 fully saturated rings. The lowest BCUT2D eigenvalue weighted by molar-refractivity contribution is 0.0953. The Bertz CT molecular complexity index is 1940. The number of anilines is 1. The molecular formula is C36H28N6O2S. The van der Waals surface area contributed by atoms with Crippen LogP contribution in [0.1, 0.15) is 42.4 Å². The van der Waals surface area contributed by atoms with Crippen LogP contribution in [0.25, 0.3) is 10.4 Å². The van der Waals surface area contributed by atoms with Crippen LogP contribution < -0.4 is 10.2 Å². The highest BCUT2D eigenvalue weighted by molar-refractivity contribution is 7.17. The van der Waals surface area contributed by atoms with Crippen LogP contribution >= 0.6 is 11.3 Å². The van der Waals surface area contributed by atoms with Gasteiger partial charge in [-0.05, 0) is 71.3 Å². The third kappa shape index (κ3) is 7.04. The molecule has 2 amide bonds. The molecule has 0 unspecified atom stereocenters. The lowest BCUT2D eigenvalue weighted by Gasteiger charge is -2.24. The number of hydrogen-bond donors (Lipinski definition) is 1. The predicted octanol–water partition coefficient (Wildman–Crippen LogP) is 6.70. The van der Waals surface area contributed by atoms with Crippen LogP contribution in [0.4, 0.5) is 5.69 Å². The number of nitrogens with one attached hydrogen (secondary N) is 1. The summed E-state index contributed by atoms with van der Waals surface area (Å²) >= 11 is 1.42. The number of nitriles is 1. The third-order valence-corrected chi connectivity index (χ3v) is 8.42. The molecule has 220 valence electrons. The normalized spacial score (nSPS) is 10.6. The molecule has 3 heterocycles. The fourth-order valence-corrected chi connectivity index (χ4v) is 5.80. The molecule has 3 aromatic heterocycles. The molecule has 0 saturated heterocycles. The van der Waals surface area contributed by atoms with E-state index in [1.54, 1.807) is 42.0 Å². The van der Waals surface area contributed by atoms with Gasteiger partial charge >= 0.3 is 0 Å². The number of imidazole rings is 1. The van der Waals surface area contributed by atoms with Crippen molar-refractivity contribution in [1.29, 1.82) is 5.26 Å². The number of carbonyl (C=O) groups excluding carboxylic acids is 2. The second kappa shape index (κ2) is 13.6. The van der Waals surface area contributed by atoms with E-state index in [1.807, 2.05) is 95.6 Å². The number of hydrogen-bond acceptors (Lipinski definition) is 6. The van der Waals surface area contributed by atoms with Gasteiger partial charge in [-0.3, -0.25) is 14.6 Å². The van der Waals surface area contributed by atoms with Crippen LogP contribution in [0.3, 0.4) is 0 Å². The molecule has 0 aliphatic rings. The zero-order valence-corrected chi connectivity index (χ0v) is 25.0. The van der Waals surface area contributed by atoms with Crippen LogP contribution in [0, 0.1) is 11.3 Å². The van der Waals surface area contributed by atoms with Crippen molar-refractivity contribution in [3.05, 3.63) is 161 Å². The number of pyridine rings is 1. The zero-order valence-electron chi connectivity index (χ0n) is 24.2. The van der Waals surface area contributed by atoms with E-state index in [0.717, 1.165) is 32.9 Å². The van der Waals surface area contributed by atoms with Crippen molar-refractivity contribution in [2.24, 2.45) is 0 Å². The Labute approximate surface area is 264 Å². The fraction of sp³-hybridized carbons (Fsp3) is 0.0833. The Morgan fingerprint density at radius 1 is 0.844 bits per heavy atom. The number of aromatic nitrogens is 3. The average molecular weight is 609 g/mol. The number of amides is 2. The largest absolute Gasteiger partial charge is 0.347 e. The first-order chi connectivity index (χ1) is 22.1. The third-order valence-electron chi connectivity index (χ3n) is 7.29. The highest BCUT2D eigenvalue weighted by Gasteiger charge is 2.20. The topological polar surface area (TPSA) is 104 Å². The second-order valence-electron chi connectivity index (χ2n) is 10.3. The summed E-state index contributed by atoms with van der Waals surface area (Å²) in [6, 6.07) is 34.1. The molecule has 0 bridgehead atoms. The van der Waals surface area contributed by atoms with Crippen molar-refractivity contribution in [1.82, 2.24) is 19.9 Å². The lowest BCUT2D eigenvalue weighted by atomic mass is 10.1. The predicted molar refractivity (Wildman–Crippen MR) is 175 cm³/mol. The van der Waals surface area contributed by atoms with Gasteiger partial charge in [-0.15, -0.1) is 11.3 Å². The van der Waals surface area contributed by atoms with Crippen molar-refractivity contribution >= 4 is 28.8 Å². The van der Waals surface area contributed by atoms with E-state index in [1.165, 1.54) is 11.3 Å². The minimum atomic E-state index is -0.135. The van der Waals surface area contributed by atoms with Gasteiger partial charge in [0, 0.05) is 47.8 Å². The smallest absolute Gasteiger partial charge is 0.261 e. The second-order valence-corrected chi connectivity index (χ2v) is 11.4. The molecule has 0 spiro atoms. The highest BCUT2D eigenvalue weighted by atomic mass is 32.1. The van der Waals surface area contributed by atoms with Crippen LogP contribution in [-0.2, 0) is 19.6 Å². The summed E-state index contributed by atoms with van der Waals surface area (Å²) in [6.45, 7) is 1.28. The molecule has 0 saturated carbocycles. The van der Waals surface area contributed by atoms with E-state index >= 15 is 0 Å². The summed E-state index contributed by atoms with van der Waals surface area (Å²) in [5.41, 5.74) is 5.71. The fourth-order valence-electron chi connectivity index (χ4n) is 4.88. The summed E-state index contributed by atoms with van der Waals surface area (Å²) in [5, 5.41) is 12.1. The zero-order chi connectivity index (χ0) is 31.0. The van der Waals surface area contributed by atoms with Gasteiger partial charge in [0.1, 0.15) is 0 Å². The van der Waals surface area contributed by atoms with Gasteiger partial charge in [-0.2, -0.15) is 5.26 Å². The summed E-state index contributed by atoms with van der Waals surface area (Å²) in [7, 11) is 0. The van der Waals surface area contributed by atoms with Gasteiger partial charge in [0.15, 0.2) is 0 Å². The van der Waals surface area contributed by atoms with Crippen LogP contribution in [0.2, 0.25) is 0 Å². The molecule has 0 radical (unpaired) electrons. The van der Waals surface area contributed by atoms with Gasteiger partial charge in [0.05, 0.1) is 35.1 Å². The summed E-state index contributed by atoms with van der Waals surface area (Å²) < 4.78 is 2.01. The van der Waals surface area contributed by atoms with Crippen LogP contribution in [0.5, 0.6) is 0 Å². The molecule has 9 heteroatoms. The van der Waals surface area contributed by atoms with E-state index in [2.05, 4.69) is 21.4 Å². The number of thiophene rings is 1. The molecule has 0 atom stereocenters. The van der Waals surface area contributed by atoms with E-state index in [0.29, 0.717) is 35.6 Å². The Balaban J connectivity index is 1.21. The maximum Gasteiger partial charge on any atom is 0.261 e. The summed E-state index contributed by atoms with van der Waals surface area (Å²) in [4.78, 5) is 38.4. The Morgan fingerprint density at radius 3 is 2.38 bits per heavy atom. The molecule has 1 N–H and O–H groups in total. The van der Waals surface area contributed by atoms with E-state index in [4.69, 9.17) is 5.26 Å². The summed E-state index contributed by atoms with van der Waals surface area (Å²) in [5.74, 6) is -0.262. The number of carbonyl (C=O) groups is 2. The number of benzene rings is 3. The quantitative estimate of drug-likeness (QED) is 0.186. The molecular weight excluding hydrogens is 581 g/mol. The van der Waals surface area contributed by atoms with Gasteiger partial charge in [-0.25, -0.2) is 4.98 Å². The Kier molecular flexibility index (Phi) is 8.85. The SMILES string of the molecule is N#Cc1ccc(Cn2cncc2CN(C(=O)c2ccccc2)c2ccc(-c3ccc(C(=O)NCc4cccnc4)s3)cc2)cc1. The monoisotopic (exact) mass is 608 g/mol. The van der Waals surface area contributed by atoms with E-state index in [9.17, 15) is 9.59 Å². The minimum absolute atomic E-state index is 0.127. The molecule has 8 nitrogen and oxygen atoms in total. The van der Waals surface area contributed by atoms with Gasteiger partial charge in [0.25, 0.3) is 11.8 Å². The first kappa shape index (κ1) is 29.2. The Hall–Kier alpha value is -5.85. The number of nitrogens with zero attached hydrogens (tertiary/aromatic N) is 5. The van der Waals surface area contributed by atoms with Crippen molar-refractivity contribution in [2.75, 3.05) is 4.90 Å². The maximum atomic E-state index is 13.8.